The normalized spacial score (nSPS) is 16.2. The summed E-state index contributed by atoms with van der Waals surface area (Å²) in [4.78, 5) is 11.4. The molecule has 0 fully saturated rings. The summed E-state index contributed by atoms with van der Waals surface area (Å²) in [6, 6.07) is 8.51. The van der Waals surface area contributed by atoms with E-state index in [0.29, 0.717) is 5.56 Å². The molecule has 0 saturated heterocycles. The SMILES string of the molecule is CCOC(=O)[C@](C)(O)[C@@H](O)c1ccccc1. The summed E-state index contributed by atoms with van der Waals surface area (Å²) in [7, 11) is 0. The maximum Gasteiger partial charge on any atom is 0.340 e. The van der Waals surface area contributed by atoms with Gasteiger partial charge in [0.25, 0.3) is 0 Å². The van der Waals surface area contributed by atoms with Gasteiger partial charge in [-0.3, -0.25) is 0 Å². The lowest BCUT2D eigenvalue weighted by molar-refractivity contribution is -0.175. The fourth-order valence-electron chi connectivity index (χ4n) is 1.35. The average Bonchev–Trinajstić information content (AvgIpc) is 2.29. The largest absolute Gasteiger partial charge is 0.464 e. The minimum atomic E-state index is -1.93. The van der Waals surface area contributed by atoms with E-state index in [2.05, 4.69) is 0 Å². The second-order valence-corrected chi connectivity index (χ2v) is 3.68. The number of carbonyl (C=O) groups is 1. The van der Waals surface area contributed by atoms with Crippen LogP contribution >= 0.6 is 0 Å². The van der Waals surface area contributed by atoms with Crippen LogP contribution in [0.5, 0.6) is 0 Å². The fourth-order valence-corrected chi connectivity index (χ4v) is 1.35. The Labute approximate surface area is 94.5 Å². The van der Waals surface area contributed by atoms with Crippen LogP contribution in [0.3, 0.4) is 0 Å². The Morgan fingerprint density at radius 1 is 1.44 bits per heavy atom. The lowest BCUT2D eigenvalue weighted by Crippen LogP contribution is -2.42. The van der Waals surface area contributed by atoms with Crippen molar-refractivity contribution in [1.29, 1.82) is 0 Å². The molecule has 0 aromatic heterocycles. The van der Waals surface area contributed by atoms with Crippen LogP contribution in [0.15, 0.2) is 30.3 Å². The van der Waals surface area contributed by atoms with Crippen molar-refractivity contribution in [3.63, 3.8) is 0 Å². The number of carbonyl (C=O) groups excluding carboxylic acids is 1. The molecular formula is C12H16O4. The zero-order valence-corrected chi connectivity index (χ0v) is 9.38. The van der Waals surface area contributed by atoms with Gasteiger partial charge in [-0.05, 0) is 19.4 Å². The van der Waals surface area contributed by atoms with Crippen molar-refractivity contribution in [2.45, 2.75) is 25.6 Å². The average molecular weight is 224 g/mol. The second-order valence-electron chi connectivity index (χ2n) is 3.68. The Kier molecular flexibility index (Phi) is 4.04. The van der Waals surface area contributed by atoms with E-state index >= 15 is 0 Å². The lowest BCUT2D eigenvalue weighted by Gasteiger charge is -2.26. The van der Waals surface area contributed by atoms with Gasteiger partial charge in [0, 0.05) is 0 Å². The third-order valence-electron chi connectivity index (χ3n) is 2.34. The fraction of sp³-hybridized carbons (Fsp3) is 0.417. The molecule has 1 rings (SSSR count). The monoisotopic (exact) mass is 224 g/mol. The number of aliphatic hydroxyl groups is 2. The Hall–Kier alpha value is -1.39. The van der Waals surface area contributed by atoms with Crippen LogP contribution in [0.2, 0.25) is 0 Å². The molecule has 0 heterocycles. The molecule has 0 aliphatic heterocycles. The van der Waals surface area contributed by atoms with Crippen molar-refractivity contribution < 1.29 is 19.7 Å². The number of hydrogen-bond acceptors (Lipinski definition) is 4. The molecule has 2 atom stereocenters. The lowest BCUT2D eigenvalue weighted by atomic mass is 9.93. The van der Waals surface area contributed by atoms with Crippen molar-refractivity contribution >= 4 is 5.97 Å². The molecule has 0 bridgehead atoms. The minimum absolute atomic E-state index is 0.163. The maximum atomic E-state index is 11.4. The van der Waals surface area contributed by atoms with Gasteiger partial charge in [0.1, 0.15) is 6.10 Å². The van der Waals surface area contributed by atoms with Gasteiger partial charge in [0.05, 0.1) is 6.61 Å². The first kappa shape index (κ1) is 12.7. The first-order valence-electron chi connectivity index (χ1n) is 5.12. The van der Waals surface area contributed by atoms with Crippen molar-refractivity contribution in [2.75, 3.05) is 6.61 Å². The molecular weight excluding hydrogens is 208 g/mol. The molecule has 0 spiro atoms. The number of ether oxygens (including phenoxy) is 1. The van der Waals surface area contributed by atoms with E-state index in [0.717, 1.165) is 0 Å². The van der Waals surface area contributed by atoms with E-state index in [1.54, 1.807) is 37.3 Å². The predicted molar refractivity (Wildman–Crippen MR) is 58.7 cm³/mol. The van der Waals surface area contributed by atoms with Crippen LogP contribution in [0.4, 0.5) is 0 Å². The number of esters is 1. The van der Waals surface area contributed by atoms with Crippen LogP contribution in [0, 0.1) is 0 Å². The van der Waals surface area contributed by atoms with E-state index in [4.69, 9.17) is 4.74 Å². The Balaban J connectivity index is 2.87. The Bertz CT molecular complexity index is 345. The molecule has 0 saturated carbocycles. The van der Waals surface area contributed by atoms with Crippen LogP contribution in [0.1, 0.15) is 25.5 Å². The molecule has 1 aromatic rings. The van der Waals surface area contributed by atoms with Gasteiger partial charge in [-0.15, -0.1) is 0 Å². The van der Waals surface area contributed by atoms with Gasteiger partial charge in [-0.2, -0.15) is 0 Å². The number of rotatable bonds is 4. The van der Waals surface area contributed by atoms with Crippen LogP contribution < -0.4 is 0 Å². The maximum absolute atomic E-state index is 11.4. The highest BCUT2D eigenvalue weighted by Crippen LogP contribution is 2.26. The molecule has 16 heavy (non-hydrogen) atoms. The summed E-state index contributed by atoms with van der Waals surface area (Å²) in [6.07, 6.45) is -1.30. The standard InChI is InChI=1S/C12H16O4/c1-3-16-11(14)12(2,15)10(13)9-7-5-4-6-8-9/h4-8,10,13,15H,3H2,1-2H3/t10-,12+/m0/s1. The van der Waals surface area contributed by atoms with E-state index in [1.165, 1.54) is 6.92 Å². The van der Waals surface area contributed by atoms with Gasteiger partial charge in [-0.25, -0.2) is 4.79 Å². The van der Waals surface area contributed by atoms with Gasteiger partial charge < -0.3 is 14.9 Å². The van der Waals surface area contributed by atoms with Crippen molar-refractivity contribution in [2.24, 2.45) is 0 Å². The van der Waals surface area contributed by atoms with Gasteiger partial charge >= 0.3 is 5.97 Å². The van der Waals surface area contributed by atoms with Crippen molar-refractivity contribution in [1.82, 2.24) is 0 Å². The second kappa shape index (κ2) is 5.09. The highest BCUT2D eigenvalue weighted by molar-refractivity contribution is 5.79. The van der Waals surface area contributed by atoms with E-state index in [9.17, 15) is 15.0 Å². The van der Waals surface area contributed by atoms with Gasteiger partial charge in [0.2, 0.25) is 0 Å². The molecule has 2 N–H and O–H groups in total. The summed E-state index contributed by atoms with van der Waals surface area (Å²) in [5, 5.41) is 19.8. The third kappa shape index (κ3) is 2.59. The third-order valence-corrected chi connectivity index (χ3v) is 2.34. The number of hydrogen-bond donors (Lipinski definition) is 2. The summed E-state index contributed by atoms with van der Waals surface area (Å²) in [6.45, 7) is 3.04. The number of aliphatic hydroxyl groups excluding tert-OH is 1. The first-order chi connectivity index (χ1) is 7.50. The molecule has 0 unspecified atom stereocenters. The molecule has 0 aliphatic rings. The van der Waals surface area contributed by atoms with Crippen LogP contribution in [-0.2, 0) is 9.53 Å². The van der Waals surface area contributed by atoms with Crippen molar-refractivity contribution in [3.8, 4) is 0 Å². The summed E-state index contributed by atoms with van der Waals surface area (Å²) in [5.74, 6) is -0.827. The van der Waals surface area contributed by atoms with Crippen molar-refractivity contribution in [3.05, 3.63) is 35.9 Å². The molecule has 0 radical (unpaired) electrons. The van der Waals surface area contributed by atoms with E-state index in [-0.39, 0.29) is 6.61 Å². The minimum Gasteiger partial charge on any atom is -0.464 e. The zero-order chi connectivity index (χ0) is 12.2. The smallest absolute Gasteiger partial charge is 0.340 e. The molecule has 4 heteroatoms. The van der Waals surface area contributed by atoms with E-state index < -0.39 is 17.7 Å². The Morgan fingerprint density at radius 2 is 2.00 bits per heavy atom. The summed E-state index contributed by atoms with van der Waals surface area (Å²) in [5.41, 5.74) is -1.46. The zero-order valence-electron chi connectivity index (χ0n) is 9.38. The van der Waals surface area contributed by atoms with E-state index in [1.807, 2.05) is 0 Å². The number of benzene rings is 1. The molecule has 1 aromatic carbocycles. The highest BCUT2D eigenvalue weighted by atomic mass is 16.6. The van der Waals surface area contributed by atoms with Gasteiger partial charge in [-0.1, -0.05) is 30.3 Å². The first-order valence-corrected chi connectivity index (χ1v) is 5.12. The van der Waals surface area contributed by atoms with Gasteiger partial charge in [0.15, 0.2) is 5.60 Å². The highest BCUT2D eigenvalue weighted by Gasteiger charge is 2.40. The molecule has 88 valence electrons. The molecule has 0 amide bonds. The summed E-state index contributed by atoms with van der Waals surface area (Å²) < 4.78 is 4.70. The topological polar surface area (TPSA) is 66.8 Å². The summed E-state index contributed by atoms with van der Waals surface area (Å²) >= 11 is 0. The predicted octanol–water partition coefficient (Wildman–Crippen LogP) is 1.03. The quantitative estimate of drug-likeness (QED) is 0.750. The van der Waals surface area contributed by atoms with Crippen LogP contribution in [0.25, 0.3) is 0 Å². The Morgan fingerprint density at radius 3 is 2.50 bits per heavy atom. The molecule has 4 nitrogen and oxygen atoms in total. The molecule has 0 aliphatic carbocycles. The van der Waals surface area contributed by atoms with Crippen LogP contribution in [-0.4, -0.2) is 28.4 Å².